The van der Waals surface area contributed by atoms with E-state index >= 15 is 0 Å². The summed E-state index contributed by atoms with van der Waals surface area (Å²) >= 11 is 0. The normalized spacial score (nSPS) is 16.2. The van der Waals surface area contributed by atoms with Crippen molar-refractivity contribution >= 4 is 16.9 Å². The average Bonchev–Trinajstić information content (AvgIpc) is 2.88. The summed E-state index contributed by atoms with van der Waals surface area (Å²) in [6, 6.07) is 6.37. The summed E-state index contributed by atoms with van der Waals surface area (Å²) in [7, 11) is 0. The summed E-state index contributed by atoms with van der Waals surface area (Å²) in [5, 5.41) is 6.37. The Morgan fingerprint density at radius 3 is 2.83 bits per heavy atom. The van der Waals surface area contributed by atoms with Gasteiger partial charge in [-0.1, -0.05) is 13.8 Å². The van der Waals surface area contributed by atoms with Crippen LogP contribution in [0.4, 0.5) is 0 Å². The Morgan fingerprint density at radius 1 is 1.39 bits per heavy atom. The zero-order chi connectivity index (χ0) is 16.4. The highest BCUT2D eigenvalue weighted by Crippen LogP contribution is 2.27. The Bertz CT molecular complexity index is 698. The van der Waals surface area contributed by atoms with Gasteiger partial charge in [-0.15, -0.1) is 0 Å². The molecule has 2 aromatic rings. The number of imidazole rings is 1. The van der Waals surface area contributed by atoms with Crippen LogP contribution in [0.25, 0.3) is 11.0 Å². The van der Waals surface area contributed by atoms with Gasteiger partial charge in [0.25, 0.3) is 5.91 Å². The highest BCUT2D eigenvalue weighted by Gasteiger charge is 2.20. The van der Waals surface area contributed by atoms with E-state index in [1.54, 1.807) is 0 Å². The number of nitrogens with one attached hydrogen (secondary N) is 2. The second-order valence-electron chi connectivity index (χ2n) is 6.82. The molecule has 5 heteroatoms. The molecule has 1 amide bonds. The van der Waals surface area contributed by atoms with E-state index in [0.717, 1.165) is 42.8 Å². The van der Waals surface area contributed by atoms with Crippen molar-refractivity contribution in [3.8, 4) is 0 Å². The number of piperidine rings is 1. The highest BCUT2D eigenvalue weighted by atomic mass is 16.1. The molecule has 2 N–H and O–H groups in total. The predicted octanol–water partition coefficient (Wildman–Crippen LogP) is 2.66. The molecule has 3 rings (SSSR count). The first-order chi connectivity index (χ1) is 11.1. The van der Waals surface area contributed by atoms with Gasteiger partial charge in [0.15, 0.2) is 0 Å². The molecule has 0 spiro atoms. The van der Waals surface area contributed by atoms with Crippen LogP contribution in [-0.4, -0.2) is 35.1 Å². The van der Waals surface area contributed by atoms with Crippen LogP contribution in [0.3, 0.4) is 0 Å². The van der Waals surface area contributed by atoms with Crippen LogP contribution in [0.2, 0.25) is 0 Å². The van der Waals surface area contributed by atoms with E-state index in [0.29, 0.717) is 24.1 Å². The zero-order valence-electron chi connectivity index (χ0n) is 14.2. The van der Waals surface area contributed by atoms with E-state index in [9.17, 15) is 4.79 Å². The van der Waals surface area contributed by atoms with Crippen molar-refractivity contribution in [1.82, 2.24) is 20.2 Å². The van der Waals surface area contributed by atoms with Crippen molar-refractivity contribution in [2.75, 3.05) is 19.6 Å². The summed E-state index contributed by atoms with van der Waals surface area (Å²) in [6.07, 6.45) is 2.26. The van der Waals surface area contributed by atoms with Crippen molar-refractivity contribution in [3.63, 3.8) is 0 Å². The molecule has 1 aliphatic heterocycles. The molecule has 1 aromatic carbocycles. The maximum absolute atomic E-state index is 12.2. The van der Waals surface area contributed by atoms with Gasteiger partial charge in [0.1, 0.15) is 5.82 Å². The molecule has 0 aliphatic carbocycles. The number of nitrogens with zero attached hydrogens (tertiary/aromatic N) is 2. The number of aryl methyl sites for hydroxylation is 1. The van der Waals surface area contributed by atoms with Crippen molar-refractivity contribution < 1.29 is 4.79 Å². The topological polar surface area (TPSA) is 59.0 Å². The lowest BCUT2D eigenvalue weighted by atomic mass is 10.1. The zero-order valence-corrected chi connectivity index (χ0v) is 14.2. The number of aromatic nitrogens is 2. The van der Waals surface area contributed by atoms with E-state index in [1.165, 1.54) is 0 Å². The van der Waals surface area contributed by atoms with Gasteiger partial charge in [-0.05, 0) is 57.0 Å². The van der Waals surface area contributed by atoms with Gasteiger partial charge in [0.05, 0.1) is 11.0 Å². The van der Waals surface area contributed by atoms with Gasteiger partial charge < -0.3 is 15.2 Å². The molecular weight excluding hydrogens is 288 g/mol. The first kappa shape index (κ1) is 16.0. The van der Waals surface area contributed by atoms with Crippen molar-refractivity contribution in [2.24, 2.45) is 5.92 Å². The van der Waals surface area contributed by atoms with E-state index in [4.69, 9.17) is 0 Å². The van der Waals surface area contributed by atoms with Gasteiger partial charge >= 0.3 is 0 Å². The van der Waals surface area contributed by atoms with Crippen molar-refractivity contribution in [2.45, 2.75) is 39.7 Å². The maximum Gasteiger partial charge on any atom is 0.251 e. The fraction of sp³-hybridized carbons (Fsp3) is 0.556. The summed E-state index contributed by atoms with van der Waals surface area (Å²) in [6.45, 7) is 9.04. The standard InChI is InChI=1S/C18H26N4O/c1-12(2)11-20-18(23)14-4-5-17-16(10-14)21-13(3)22(17)15-6-8-19-9-7-15/h4-5,10,12,15,19H,6-9,11H2,1-3H3,(H,20,23). The van der Waals surface area contributed by atoms with Crippen molar-refractivity contribution in [3.05, 3.63) is 29.6 Å². The summed E-state index contributed by atoms with van der Waals surface area (Å²) < 4.78 is 2.34. The Morgan fingerprint density at radius 2 is 2.13 bits per heavy atom. The number of benzene rings is 1. The number of carbonyl (C=O) groups is 1. The molecule has 2 heterocycles. The molecule has 0 unspecified atom stereocenters. The number of rotatable bonds is 4. The van der Waals surface area contributed by atoms with E-state index < -0.39 is 0 Å². The molecule has 1 saturated heterocycles. The first-order valence-electron chi connectivity index (χ1n) is 8.53. The fourth-order valence-electron chi connectivity index (χ4n) is 3.29. The van der Waals surface area contributed by atoms with Gasteiger partial charge in [0.2, 0.25) is 0 Å². The third-order valence-corrected chi connectivity index (χ3v) is 4.47. The molecule has 0 atom stereocenters. The highest BCUT2D eigenvalue weighted by molar-refractivity contribution is 5.97. The molecule has 23 heavy (non-hydrogen) atoms. The van der Waals surface area contributed by atoms with Gasteiger partial charge in [-0.25, -0.2) is 4.98 Å². The number of fused-ring (bicyclic) bond motifs is 1. The predicted molar refractivity (Wildman–Crippen MR) is 92.8 cm³/mol. The summed E-state index contributed by atoms with van der Waals surface area (Å²) in [5.74, 6) is 1.46. The summed E-state index contributed by atoms with van der Waals surface area (Å²) in [5.41, 5.74) is 2.74. The molecule has 1 aromatic heterocycles. The van der Waals surface area contributed by atoms with Gasteiger partial charge in [-0.3, -0.25) is 4.79 Å². The van der Waals surface area contributed by atoms with Crippen LogP contribution in [-0.2, 0) is 0 Å². The first-order valence-corrected chi connectivity index (χ1v) is 8.53. The number of amides is 1. The van der Waals surface area contributed by atoms with Crippen molar-refractivity contribution in [1.29, 1.82) is 0 Å². The van der Waals surface area contributed by atoms with E-state index in [1.807, 2.05) is 18.2 Å². The Labute approximate surface area is 137 Å². The third-order valence-electron chi connectivity index (χ3n) is 4.47. The maximum atomic E-state index is 12.2. The van der Waals surface area contributed by atoms with Crippen LogP contribution >= 0.6 is 0 Å². The molecule has 0 radical (unpaired) electrons. The Balaban J connectivity index is 1.88. The van der Waals surface area contributed by atoms with E-state index in [-0.39, 0.29) is 5.91 Å². The van der Waals surface area contributed by atoms with Crippen LogP contribution in [0.1, 0.15) is 48.9 Å². The average molecular weight is 314 g/mol. The SMILES string of the molecule is Cc1nc2cc(C(=O)NCC(C)C)ccc2n1C1CCNCC1. The van der Waals surface area contributed by atoms with Gasteiger partial charge in [-0.2, -0.15) is 0 Å². The van der Waals surface area contributed by atoms with Gasteiger partial charge in [0, 0.05) is 18.2 Å². The molecule has 1 fully saturated rings. The number of carbonyl (C=O) groups excluding carboxylic acids is 1. The van der Waals surface area contributed by atoms with E-state index in [2.05, 4.69) is 41.0 Å². The summed E-state index contributed by atoms with van der Waals surface area (Å²) in [4.78, 5) is 16.9. The molecular formula is C18H26N4O. The molecule has 0 saturated carbocycles. The quantitative estimate of drug-likeness (QED) is 0.912. The second kappa shape index (κ2) is 6.71. The Kier molecular flexibility index (Phi) is 4.66. The second-order valence-corrected chi connectivity index (χ2v) is 6.82. The smallest absolute Gasteiger partial charge is 0.251 e. The van der Waals surface area contributed by atoms with Crippen LogP contribution in [0, 0.1) is 12.8 Å². The lowest BCUT2D eigenvalue weighted by molar-refractivity contribution is 0.0949. The third kappa shape index (κ3) is 3.39. The molecule has 124 valence electrons. The minimum absolute atomic E-state index is 0.0188. The monoisotopic (exact) mass is 314 g/mol. The lowest BCUT2D eigenvalue weighted by Crippen LogP contribution is -2.29. The largest absolute Gasteiger partial charge is 0.352 e. The Hall–Kier alpha value is -1.88. The van der Waals surface area contributed by atoms with Crippen LogP contribution < -0.4 is 10.6 Å². The molecule has 1 aliphatic rings. The lowest BCUT2D eigenvalue weighted by Gasteiger charge is -2.25. The molecule has 0 bridgehead atoms. The minimum Gasteiger partial charge on any atom is -0.352 e. The molecule has 5 nitrogen and oxygen atoms in total. The van der Waals surface area contributed by atoms with Crippen LogP contribution in [0.5, 0.6) is 0 Å². The minimum atomic E-state index is -0.0188. The number of hydrogen-bond acceptors (Lipinski definition) is 3. The fourth-order valence-corrected chi connectivity index (χ4v) is 3.29. The van der Waals surface area contributed by atoms with Crippen LogP contribution in [0.15, 0.2) is 18.2 Å². The number of hydrogen-bond donors (Lipinski definition) is 2.